The second kappa shape index (κ2) is 9.28. The highest BCUT2D eigenvalue weighted by Crippen LogP contribution is 2.32. The molecular weight excluding hydrogens is 448 g/mol. The number of rotatable bonds is 5. The van der Waals surface area contributed by atoms with Crippen molar-refractivity contribution in [3.8, 4) is 0 Å². The molecule has 1 saturated carbocycles. The van der Waals surface area contributed by atoms with Crippen LogP contribution < -0.4 is 10.6 Å². The molecule has 0 spiro atoms. The number of hydrogen-bond donors (Lipinski definition) is 2. The summed E-state index contributed by atoms with van der Waals surface area (Å²) in [5, 5.41) is 10.8. The van der Waals surface area contributed by atoms with Crippen molar-refractivity contribution in [2.75, 3.05) is 5.32 Å². The van der Waals surface area contributed by atoms with Crippen LogP contribution in [-0.4, -0.2) is 17.1 Å². The summed E-state index contributed by atoms with van der Waals surface area (Å²) in [5.41, 5.74) is 2.89. The molecule has 7 heteroatoms. The van der Waals surface area contributed by atoms with E-state index in [9.17, 15) is 0 Å². The molecule has 1 heterocycles. The van der Waals surface area contributed by atoms with Crippen molar-refractivity contribution in [3.63, 3.8) is 0 Å². The lowest BCUT2D eigenvalue weighted by Crippen LogP contribution is -2.36. The van der Waals surface area contributed by atoms with Crippen LogP contribution in [0.1, 0.15) is 31.2 Å². The third-order valence-electron chi connectivity index (χ3n) is 5.50. The van der Waals surface area contributed by atoms with E-state index in [0.717, 1.165) is 47.8 Å². The van der Waals surface area contributed by atoms with E-state index in [0.29, 0.717) is 38.7 Å². The molecule has 1 aromatic heterocycles. The van der Waals surface area contributed by atoms with Crippen LogP contribution in [0.4, 0.5) is 5.69 Å². The number of nitrogens with zero attached hydrogens (tertiary/aromatic N) is 1. The summed E-state index contributed by atoms with van der Waals surface area (Å²) >= 11 is 24.8. The smallest absolute Gasteiger partial charge is 0.0737 e. The van der Waals surface area contributed by atoms with Crippen LogP contribution in [-0.2, 0) is 6.54 Å². The number of anilines is 1. The van der Waals surface area contributed by atoms with Gasteiger partial charge in [-0.1, -0.05) is 46.4 Å². The number of halogens is 4. The minimum absolute atomic E-state index is 0.437. The number of hydrogen-bond acceptors (Lipinski definition) is 3. The Hall–Kier alpha value is -1.23. The quantitative estimate of drug-likeness (QED) is 0.384. The number of aromatic nitrogens is 1. The number of pyridine rings is 1. The monoisotopic (exact) mass is 467 g/mol. The Balaban J connectivity index is 1.34. The van der Waals surface area contributed by atoms with Gasteiger partial charge in [0, 0.05) is 51.5 Å². The lowest BCUT2D eigenvalue weighted by molar-refractivity contribution is 0.353. The average molecular weight is 469 g/mol. The van der Waals surface area contributed by atoms with E-state index in [1.807, 2.05) is 30.5 Å². The SMILES string of the molecule is Clc1ccc2c(NC3CCC(NCc4c(Cl)ccc(Cl)c4Cl)CC3)ccnc2c1. The van der Waals surface area contributed by atoms with E-state index < -0.39 is 0 Å². The lowest BCUT2D eigenvalue weighted by Gasteiger charge is -2.31. The van der Waals surface area contributed by atoms with Gasteiger partial charge in [-0.25, -0.2) is 0 Å². The Bertz CT molecular complexity index is 1020. The molecule has 0 saturated heterocycles. The molecule has 152 valence electrons. The standard InChI is InChI=1S/C22H21Cl4N3/c23-13-1-6-16-20(9-10-27-21(16)11-13)29-15-4-2-14(3-5-15)28-12-17-18(24)7-8-19(25)22(17)26/h1,6-11,14-15,28H,2-5,12H2,(H,27,29). The van der Waals surface area contributed by atoms with Gasteiger partial charge in [0.05, 0.1) is 15.6 Å². The van der Waals surface area contributed by atoms with E-state index in [1.165, 1.54) is 0 Å². The minimum Gasteiger partial charge on any atom is -0.382 e. The lowest BCUT2D eigenvalue weighted by atomic mass is 9.90. The van der Waals surface area contributed by atoms with Crippen LogP contribution in [0.3, 0.4) is 0 Å². The molecule has 4 rings (SSSR count). The zero-order valence-electron chi connectivity index (χ0n) is 15.7. The maximum Gasteiger partial charge on any atom is 0.0737 e. The molecule has 1 fully saturated rings. The summed E-state index contributed by atoms with van der Waals surface area (Å²) in [7, 11) is 0. The molecule has 29 heavy (non-hydrogen) atoms. The number of fused-ring (bicyclic) bond motifs is 1. The molecule has 0 amide bonds. The minimum atomic E-state index is 0.437. The Labute approximate surface area is 190 Å². The van der Waals surface area contributed by atoms with Crippen molar-refractivity contribution >= 4 is 63.0 Å². The van der Waals surface area contributed by atoms with Gasteiger partial charge in [-0.05, 0) is 62.1 Å². The van der Waals surface area contributed by atoms with Gasteiger partial charge in [0.15, 0.2) is 0 Å². The topological polar surface area (TPSA) is 37.0 Å². The number of benzene rings is 2. The normalized spacial score (nSPS) is 19.4. The van der Waals surface area contributed by atoms with Gasteiger partial charge < -0.3 is 10.6 Å². The number of nitrogens with one attached hydrogen (secondary N) is 2. The van der Waals surface area contributed by atoms with Gasteiger partial charge in [-0.15, -0.1) is 0 Å². The fourth-order valence-electron chi connectivity index (χ4n) is 3.89. The Kier molecular flexibility index (Phi) is 6.73. The zero-order valence-corrected chi connectivity index (χ0v) is 18.7. The summed E-state index contributed by atoms with van der Waals surface area (Å²) in [4.78, 5) is 4.42. The van der Waals surface area contributed by atoms with E-state index >= 15 is 0 Å². The second-order valence-electron chi connectivity index (χ2n) is 7.42. The maximum atomic E-state index is 6.31. The molecule has 0 aliphatic heterocycles. The van der Waals surface area contributed by atoms with Crippen molar-refractivity contribution in [3.05, 3.63) is 68.2 Å². The van der Waals surface area contributed by atoms with E-state index in [1.54, 1.807) is 12.1 Å². The third kappa shape index (κ3) is 4.92. The second-order valence-corrected chi connectivity index (χ2v) is 9.04. The molecule has 1 aliphatic carbocycles. The Morgan fingerprint density at radius 2 is 1.59 bits per heavy atom. The first-order valence-corrected chi connectivity index (χ1v) is 11.2. The molecule has 0 radical (unpaired) electrons. The fraction of sp³-hybridized carbons (Fsp3) is 0.318. The van der Waals surface area contributed by atoms with Crippen LogP contribution >= 0.6 is 46.4 Å². The van der Waals surface area contributed by atoms with Crippen LogP contribution in [0.25, 0.3) is 10.9 Å². The first-order chi connectivity index (χ1) is 14.0. The predicted molar refractivity (Wildman–Crippen MR) is 125 cm³/mol. The summed E-state index contributed by atoms with van der Waals surface area (Å²) in [6.45, 7) is 0.622. The maximum absolute atomic E-state index is 6.31. The van der Waals surface area contributed by atoms with Crippen molar-refractivity contribution < 1.29 is 0 Å². The summed E-state index contributed by atoms with van der Waals surface area (Å²) in [5.74, 6) is 0. The van der Waals surface area contributed by atoms with Crippen molar-refractivity contribution in [1.29, 1.82) is 0 Å². The summed E-state index contributed by atoms with van der Waals surface area (Å²) in [6, 6.07) is 12.3. The largest absolute Gasteiger partial charge is 0.382 e. The first kappa shape index (κ1) is 21.0. The third-order valence-corrected chi connectivity index (χ3v) is 6.93. The first-order valence-electron chi connectivity index (χ1n) is 9.68. The van der Waals surface area contributed by atoms with Crippen LogP contribution in [0.5, 0.6) is 0 Å². The molecule has 0 unspecified atom stereocenters. The highest BCUT2D eigenvalue weighted by atomic mass is 35.5. The average Bonchev–Trinajstić information content (AvgIpc) is 2.72. The molecule has 3 nitrogen and oxygen atoms in total. The van der Waals surface area contributed by atoms with Gasteiger partial charge in [-0.2, -0.15) is 0 Å². The van der Waals surface area contributed by atoms with Crippen molar-refractivity contribution in [2.45, 2.75) is 44.3 Å². The van der Waals surface area contributed by atoms with E-state index in [4.69, 9.17) is 46.4 Å². The van der Waals surface area contributed by atoms with Gasteiger partial charge in [0.25, 0.3) is 0 Å². The highest BCUT2D eigenvalue weighted by molar-refractivity contribution is 6.44. The van der Waals surface area contributed by atoms with Gasteiger partial charge >= 0.3 is 0 Å². The molecule has 0 bridgehead atoms. The molecule has 2 aromatic carbocycles. The molecular formula is C22H21Cl4N3. The zero-order chi connectivity index (χ0) is 20.4. The Morgan fingerprint density at radius 3 is 2.38 bits per heavy atom. The van der Waals surface area contributed by atoms with Gasteiger partial charge in [0.1, 0.15) is 0 Å². The molecule has 3 aromatic rings. The molecule has 1 aliphatic rings. The van der Waals surface area contributed by atoms with Crippen LogP contribution in [0.15, 0.2) is 42.6 Å². The molecule has 2 N–H and O–H groups in total. The summed E-state index contributed by atoms with van der Waals surface area (Å²) < 4.78 is 0. The molecule has 0 atom stereocenters. The Morgan fingerprint density at radius 1 is 0.862 bits per heavy atom. The van der Waals surface area contributed by atoms with E-state index in [-0.39, 0.29) is 0 Å². The predicted octanol–water partition coefficient (Wildman–Crippen LogP) is 7.36. The van der Waals surface area contributed by atoms with Gasteiger partial charge in [0.2, 0.25) is 0 Å². The highest BCUT2D eigenvalue weighted by Gasteiger charge is 2.22. The van der Waals surface area contributed by atoms with E-state index in [2.05, 4.69) is 15.6 Å². The van der Waals surface area contributed by atoms with Crippen LogP contribution in [0, 0.1) is 0 Å². The van der Waals surface area contributed by atoms with Gasteiger partial charge in [-0.3, -0.25) is 4.98 Å². The van der Waals surface area contributed by atoms with Crippen LogP contribution in [0.2, 0.25) is 20.1 Å². The van der Waals surface area contributed by atoms with Crippen molar-refractivity contribution in [1.82, 2.24) is 10.3 Å². The van der Waals surface area contributed by atoms with Crippen molar-refractivity contribution in [2.24, 2.45) is 0 Å². The summed E-state index contributed by atoms with van der Waals surface area (Å²) in [6.07, 6.45) is 6.18. The fourth-order valence-corrected chi connectivity index (χ4v) is 4.73.